The van der Waals surface area contributed by atoms with Crippen LogP contribution >= 0.6 is 0 Å². The Bertz CT molecular complexity index is 386. The fourth-order valence-electron chi connectivity index (χ4n) is 2.75. The van der Waals surface area contributed by atoms with Crippen LogP contribution in [0, 0.1) is 0 Å². The Balaban J connectivity index is 2.03. The molecule has 0 aliphatic heterocycles. The Morgan fingerprint density at radius 2 is 1.95 bits per heavy atom. The summed E-state index contributed by atoms with van der Waals surface area (Å²) in [6, 6.07) is 9.72. The van der Waals surface area contributed by atoms with Crippen LogP contribution in [0.4, 0.5) is 0 Å². The second kappa shape index (κ2) is 7.65. The van der Waals surface area contributed by atoms with Crippen molar-refractivity contribution in [3.8, 4) is 5.75 Å². The lowest BCUT2D eigenvalue weighted by Gasteiger charge is -2.28. The van der Waals surface area contributed by atoms with Gasteiger partial charge in [-0.2, -0.15) is 0 Å². The average molecular weight is 276 g/mol. The molecule has 1 saturated carbocycles. The van der Waals surface area contributed by atoms with E-state index in [-0.39, 0.29) is 0 Å². The summed E-state index contributed by atoms with van der Waals surface area (Å²) < 4.78 is 5.25. The maximum Gasteiger partial charge on any atom is 0.118 e. The van der Waals surface area contributed by atoms with Gasteiger partial charge in [0, 0.05) is 18.6 Å². The molecule has 1 aliphatic rings. The molecular formula is C17H28N2O. The van der Waals surface area contributed by atoms with Crippen LogP contribution < -0.4 is 10.1 Å². The van der Waals surface area contributed by atoms with Gasteiger partial charge >= 0.3 is 0 Å². The summed E-state index contributed by atoms with van der Waals surface area (Å²) >= 11 is 0. The number of ether oxygens (including phenoxy) is 1. The lowest BCUT2D eigenvalue weighted by atomic mass is 10.1. The molecule has 0 heterocycles. The highest BCUT2D eigenvalue weighted by molar-refractivity contribution is 5.29. The van der Waals surface area contributed by atoms with Crippen molar-refractivity contribution in [2.75, 3.05) is 26.7 Å². The minimum Gasteiger partial charge on any atom is -0.497 e. The van der Waals surface area contributed by atoms with Crippen LogP contribution in [0.25, 0.3) is 0 Å². The molecule has 20 heavy (non-hydrogen) atoms. The van der Waals surface area contributed by atoms with E-state index in [2.05, 4.69) is 48.3 Å². The van der Waals surface area contributed by atoms with Crippen LogP contribution in [0.1, 0.15) is 44.7 Å². The lowest BCUT2D eigenvalue weighted by molar-refractivity contribution is 0.234. The van der Waals surface area contributed by atoms with Gasteiger partial charge in [-0.15, -0.1) is 0 Å². The Labute approximate surface area is 123 Å². The largest absolute Gasteiger partial charge is 0.497 e. The zero-order valence-electron chi connectivity index (χ0n) is 13.1. The molecule has 3 nitrogen and oxygen atoms in total. The summed E-state index contributed by atoms with van der Waals surface area (Å²) in [6.45, 7) is 7.77. The van der Waals surface area contributed by atoms with Gasteiger partial charge in [-0.1, -0.05) is 26.0 Å². The number of methoxy groups -OCH3 is 1. The van der Waals surface area contributed by atoms with Gasteiger partial charge < -0.3 is 10.1 Å². The summed E-state index contributed by atoms with van der Waals surface area (Å²) in [6.07, 6.45) is 3.99. The summed E-state index contributed by atoms with van der Waals surface area (Å²) in [4.78, 5) is 2.65. The minimum atomic E-state index is 0.415. The van der Waals surface area contributed by atoms with Crippen molar-refractivity contribution in [2.24, 2.45) is 0 Å². The molecule has 2 rings (SSSR count). The van der Waals surface area contributed by atoms with Gasteiger partial charge in [0.2, 0.25) is 0 Å². The van der Waals surface area contributed by atoms with E-state index in [1.54, 1.807) is 7.11 Å². The Kier molecular flexibility index (Phi) is 5.86. The Morgan fingerprint density at radius 3 is 2.45 bits per heavy atom. The third-order valence-electron chi connectivity index (χ3n) is 3.96. The van der Waals surface area contributed by atoms with Gasteiger partial charge in [-0.25, -0.2) is 0 Å². The molecule has 0 radical (unpaired) electrons. The summed E-state index contributed by atoms with van der Waals surface area (Å²) in [5.41, 5.74) is 1.36. The Morgan fingerprint density at radius 1 is 1.25 bits per heavy atom. The molecule has 0 bridgehead atoms. The van der Waals surface area contributed by atoms with Gasteiger partial charge in [-0.05, 0) is 50.0 Å². The molecule has 0 aromatic heterocycles. The van der Waals surface area contributed by atoms with Crippen molar-refractivity contribution < 1.29 is 4.74 Å². The Hall–Kier alpha value is -1.06. The normalized spacial score (nSPS) is 16.4. The van der Waals surface area contributed by atoms with Crippen molar-refractivity contribution in [2.45, 2.75) is 45.2 Å². The molecule has 1 unspecified atom stereocenters. The monoisotopic (exact) mass is 276 g/mol. The van der Waals surface area contributed by atoms with E-state index in [1.807, 2.05) is 0 Å². The quantitative estimate of drug-likeness (QED) is 0.749. The highest BCUT2D eigenvalue weighted by Crippen LogP contribution is 2.29. The van der Waals surface area contributed by atoms with Gasteiger partial charge in [0.25, 0.3) is 0 Å². The molecule has 0 saturated heterocycles. The summed E-state index contributed by atoms with van der Waals surface area (Å²) in [5, 5.41) is 3.63. The van der Waals surface area contributed by atoms with E-state index in [0.717, 1.165) is 24.9 Å². The molecule has 0 spiro atoms. The van der Waals surface area contributed by atoms with Gasteiger partial charge in [0.1, 0.15) is 5.75 Å². The van der Waals surface area contributed by atoms with Crippen molar-refractivity contribution in [3.05, 3.63) is 29.8 Å². The first-order valence-electron chi connectivity index (χ1n) is 7.89. The zero-order valence-corrected chi connectivity index (χ0v) is 13.1. The minimum absolute atomic E-state index is 0.415. The second-order valence-electron chi connectivity index (χ2n) is 5.61. The van der Waals surface area contributed by atoms with E-state index in [1.165, 1.54) is 31.4 Å². The fraction of sp³-hybridized carbons (Fsp3) is 0.647. The molecule has 1 N–H and O–H groups in total. The average Bonchev–Trinajstić information content (AvgIpc) is 3.31. The van der Waals surface area contributed by atoms with Crippen LogP contribution in [0.15, 0.2) is 24.3 Å². The number of hydrogen-bond acceptors (Lipinski definition) is 3. The van der Waals surface area contributed by atoms with Gasteiger partial charge in [-0.3, -0.25) is 4.90 Å². The van der Waals surface area contributed by atoms with E-state index >= 15 is 0 Å². The van der Waals surface area contributed by atoms with E-state index in [9.17, 15) is 0 Å². The van der Waals surface area contributed by atoms with Crippen molar-refractivity contribution in [1.82, 2.24) is 10.2 Å². The molecule has 112 valence electrons. The molecule has 1 fully saturated rings. The highest BCUT2D eigenvalue weighted by atomic mass is 16.5. The lowest BCUT2D eigenvalue weighted by Crippen LogP contribution is -2.37. The van der Waals surface area contributed by atoms with E-state index in [0.29, 0.717) is 6.04 Å². The van der Waals surface area contributed by atoms with E-state index < -0.39 is 0 Å². The molecule has 0 amide bonds. The van der Waals surface area contributed by atoms with Crippen LogP contribution in [0.5, 0.6) is 5.75 Å². The second-order valence-corrected chi connectivity index (χ2v) is 5.61. The van der Waals surface area contributed by atoms with Crippen molar-refractivity contribution >= 4 is 0 Å². The SMILES string of the molecule is CCCN(CC(NCC)c1ccc(OC)cc1)C1CC1. The first-order valence-corrected chi connectivity index (χ1v) is 7.89. The molecule has 1 aliphatic carbocycles. The molecular weight excluding hydrogens is 248 g/mol. The topological polar surface area (TPSA) is 24.5 Å². The maximum absolute atomic E-state index is 5.25. The molecule has 1 aromatic carbocycles. The number of nitrogens with zero attached hydrogens (tertiary/aromatic N) is 1. The van der Waals surface area contributed by atoms with Crippen LogP contribution in [-0.4, -0.2) is 37.7 Å². The van der Waals surface area contributed by atoms with Crippen LogP contribution in [0.3, 0.4) is 0 Å². The maximum atomic E-state index is 5.25. The van der Waals surface area contributed by atoms with E-state index in [4.69, 9.17) is 4.74 Å². The van der Waals surface area contributed by atoms with Crippen molar-refractivity contribution in [3.63, 3.8) is 0 Å². The summed E-state index contributed by atoms with van der Waals surface area (Å²) in [7, 11) is 1.72. The molecule has 1 atom stereocenters. The number of benzene rings is 1. The first kappa shape index (κ1) is 15.3. The fourth-order valence-corrected chi connectivity index (χ4v) is 2.75. The number of hydrogen-bond donors (Lipinski definition) is 1. The van der Waals surface area contributed by atoms with Gasteiger partial charge in [0.05, 0.1) is 7.11 Å². The predicted molar refractivity (Wildman–Crippen MR) is 84.3 cm³/mol. The highest BCUT2D eigenvalue weighted by Gasteiger charge is 2.30. The number of likely N-dealkylation sites (N-methyl/N-ethyl adjacent to an activating group) is 1. The number of rotatable bonds is 9. The third-order valence-corrected chi connectivity index (χ3v) is 3.96. The number of nitrogens with one attached hydrogen (secondary N) is 1. The van der Waals surface area contributed by atoms with Gasteiger partial charge in [0.15, 0.2) is 0 Å². The van der Waals surface area contributed by atoms with Crippen molar-refractivity contribution in [1.29, 1.82) is 0 Å². The summed E-state index contributed by atoms with van der Waals surface area (Å²) in [5.74, 6) is 0.927. The molecule has 1 aromatic rings. The van der Waals surface area contributed by atoms with Crippen LogP contribution in [0.2, 0.25) is 0 Å². The standard InChI is InChI=1S/C17H28N2O/c1-4-12-19(15-8-9-15)13-17(18-5-2)14-6-10-16(20-3)11-7-14/h6-7,10-11,15,17-18H,4-5,8-9,12-13H2,1-3H3. The molecule has 3 heteroatoms. The third kappa shape index (κ3) is 4.22. The smallest absolute Gasteiger partial charge is 0.118 e. The first-order chi connectivity index (χ1) is 9.78. The van der Waals surface area contributed by atoms with Crippen LogP contribution in [-0.2, 0) is 0 Å². The zero-order chi connectivity index (χ0) is 14.4. The predicted octanol–water partition coefficient (Wildman–Crippen LogP) is 3.22.